The zero-order chi connectivity index (χ0) is 22.9. The van der Waals surface area contributed by atoms with Crippen LogP contribution in [0.4, 0.5) is 0 Å². The highest BCUT2D eigenvalue weighted by Gasteiger charge is 2.11. The van der Waals surface area contributed by atoms with Crippen LogP contribution in [0.5, 0.6) is 5.75 Å². The van der Waals surface area contributed by atoms with Gasteiger partial charge in [-0.2, -0.15) is 0 Å². The molecule has 0 fully saturated rings. The number of nitrogens with one attached hydrogen (secondary N) is 3. The zero-order valence-corrected chi connectivity index (χ0v) is 19.0. The van der Waals surface area contributed by atoms with Crippen molar-refractivity contribution in [3.05, 3.63) is 77.9 Å². The van der Waals surface area contributed by atoms with Gasteiger partial charge in [-0.3, -0.25) is 25.8 Å². The molecule has 0 aliphatic carbocycles. The first-order valence-corrected chi connectivity index (χ1v) is 10.9. The van der Waals surface area contributed by atoms with Crippen LogP contribution in [-0.2, 0) is 11.2 Å². The highest BCUT2D eigenvalue weighted by molar-refractivity contribution is 7.80. The fourth-order valence-electron chi connectivity index (χ4n) is 3.14. The Bertz CT molecular complexity index is 1110. The molecule has 3 rings (SSSR count). The Morgan fingerprint density at radius 2 is 1.72 bits per heavy atom. The average molecular weight is 450 g/mol. The number of hydrogen-bond acceptors (Lipinski definition) is 4. The molecule has 0 aliphatic heterocycles. The summed E-state index contributed by atoms with van der Waals surface area (Å²) in [5.74, 6) is 0.514. The summed E-state index contributed by atoms with van der Waals surface area (Å²) in [4.78, 5) is 24.8. The maximum absolute atomic E-state index is 12.5. The summed E-state index contributed by atoms with van der Waals surface area (Å²) in [6.45, 7) is 4.84. The van der Waals surface area contributed by atoms with E-state index in [1.54, 1.807) is 24.3 Å². The molecule has 7 heteroatoms. The number of hydrogen-bond donors (Lipinski definition) is 3. The maximum atomic E-state index is 12.5. The van der Waals surface area contributed by atoms with E-state index < -0.39 is 0 Å². The monoisotopic (exact) mass is 449 g/mol. The lowest BCUT2D eigenvalue weighted by Gasteiger charge is -2.12. The van der Waals surface area contributed by atoms with Gasteiger partial charge in [-0.1, -0.05) is 62.4 Å². The number of carbonyl (C=O) groups excluding carboxylic acids is 2. The first kappa shape index (κ1) is 23.2. The Kier molecular flexibility index (Phi) is 8.16. The number of rotatable bonds is 7. The minimum Gasteiger partial charge on any atom is -0.494 e. The average Bonchev–Trinajstić information content (AvgIpc) is 2.78. The van der Waals surface area contributed by atoms with E-state index in [9.17, 15) is 9.59 Å². The van der Waals surface area contributed by atoms with Gasteiger partial charge in [0.25, 0.3) is 5.91 Å². The van der Waals surface area contributed by atoms with Crippen molar-refractivity contribution in [3.8, 4) is 5.75 Å². The maximum Gasteiger partial charge on any atom is 0.257 e. The predicted molar refractivity (Wildman–Crippen MR) is 130 cm³/mol. The third kappa shape index (κ3) is 6.78. The standard InChI is InChI=1S/C25H27N3O3S/c1-17(2)13-14-31-21-11-6-10-20(15-21)24(30)26-25(32)28-27-23(29)16-19-9-5-8-18-7-3-4-12-22(18)19/h3-12,15,17H,13-14,16H2,1-2H3,(H,27,29)(H2,26,28,30,32). The largest absolute Gasteiger partial charge is 0.494 e. The van der Waals surface area contributed by atoms with Crippen molar-refractivity contribution in [3.63, 3.8) is 0 Å². The second-order valence-electron chi connectivity index (χ2n) is 7.83. The van der Waals surface area contributed by atoms with Gasteiger partial charge in [-0.05, 0) is 59.1 Å². The van der Waals surface area contributed by atoms with Gasteiger partial charge in [-0.25, -0.2) is 0 Å². The minimum atomic E-state index is -0.389. The van der Waals surface area contributed by atoms with Crippen LogP contribution in [0.2, 0.25) is 0 Å². The molecular weight excluding hydrogens is 422 g/mol. The fraction of sp³-hybridized carbons (Fsp3) is 0.240. The van der Waals surface area contributed by atoms with Crippen LogP contribution >= 0.6 is 12.2 Å². The first-order valence-electron chi connectivity index (χ1n) is 10.5. The fourth-order valence-corrected chi connectivity index (χ4v) is 3.28. The van der Waals surface area contributed by atoms with Crippen molar-refractivity contribution in [2.75, 3.05) is 6.61 Å². The van der Waals surface area contributed by atoms with E-state index >= 15 is 0 Å². The van der Waals surface area contributed by atoms with Crippen LogP contribution in [-0.4, -0.2) is 23.5 Å². The van der Waals surface area contributed by atoms with Crippen LogP contribution in [0.15, 0.2) is 66.7 Å². The third-order valence-corrected chi connectivity index (χ3v) is 5.04. The van der Waals surface area contributed by atoms with Gasteiger partial charge in [0.2, 0.25) is 5.91 Å². The summed E-state index contributed by atoms with van der Waals surface area (Å²) >= 11 is 5.13. The summed E-state index contributed by atoms with van der Waals surface area (Å²) in [5.41, 5.74) is 6.44. The van der Waals surface area contributed by atoms with Crippen LogP contribution < -0.4 is 20.9 Å². The highest BCUT2D eigenvalue weighted by atomic mass is 32.1. The molecule has 0 atom stereocenters. The molecule has 166 valence electrons. The van der Waals surface area contributed by atoms with Crippen LogP contribution in [0, 0.1) is 5.92 Å². The van der Waals surface area contributed by atoms with Crippen LogP contribution in [0.1, 0.15) is 36.2 Å². The number of ether oxygens (including phenoxy) is 1. The van der Waals surface area contributed by atoms with Gasteiger partial charge in [0.15, 0.2) is 5.11 Å². The number of amides is 2. The number of fused-ring (bicyclic) bond motifs is 1. The van der Waals surface area contributed by atoms with Crippen molar-refractivity contribution in [2.24, 2.45) is 5.92 Å². The van der Waals surface area contributed by atoms with Gasteiger partial charge in [0.05, 0.1) is 13.0 Å². The normalized spacial score (nSPS) is 10.6. The van der Waals surface area contributed by atoms with E-state index in [1.165, 1.54) is 0 Å². The number of thiocarbonyl (C=S) groups is 1. The van der Waals surface area contributed by atoms with Crippen LogP contribution in [0.25, 0.3) is 10.8 Å². The molecule has 0 radical (unpaired) electrons. The zero-order valence-electron chi connectivity index (χ0n) is 18.2. The number of benzene rings is 3. The van der Waals surface area contributed by atoms with Gasteiger partial charge in [-0.15, -0.1) is 0 Å². The van der Waals surface area contributed by atoms with Crippen molar-refractivity contribution in [1.29, 1.82) is 0 Å². The lowest BCUT2D eigenvalue weighted by atomic mass is 10.0. The molecule has 0 bridgehead atoms. The molecule has 32 heavy (non-hydrogen) atoms. The topological polar surface area (TPSA) is 79.5 Å². The third-order valence-electron chi connectivity index (χ3n) is 4.83. The van der Waals surface area contributed by atoms with E-state index in [0.717, 1.165) is 22.8 Å². The van der Waals surface area contributed by atoms with Crippen molar-refractivity contribution < 1.29 is 14.3 Å². The SMILES string of the molecule is CC(C)CCOc1cccc(C(=O)NC(=S)NNC(=O)Cc2cccc3ccccc23)c1. The van der Waals surface area contributed by atoms with Gasteiger partial charge >= 0.3 is 0 Å². The molecule has 0 heterocycles. The summed E-state index contributed by atoms with van der Waals surface area (Å²) in [5, 5.41) is 4.66. The van der Waals surface area contributed by atoms with Crippen molar-refractivity contribution in [1.82, 2.24) is 16.2 Å². The second-order valence-corrected chi connectivity index (χ2v) is 8.24. The molecule has 3 aromatic rings. The van der Waals surface area contributed by atoms with E-state index in [0.29, 0.717) is 23.8 Å². The Hall–Kier alpha value is -3.45. The number of carbonyl (C=O) groups is 2. The molecule has 0 saturated carbocycles. The molecule has 0 unspecified atom stereocenters. The van der Waals surface area contributed by atoms with Crippen LogP contribution in [0.3, 0.4) is 0 Å². The second kappa shape index (κ2) is 11.2. The highest BCUT2D eigenvalue weighted by Crippen LogP contribution is 2.18. The van der Waals surface area contributed by atoms with Crippen molar-refractivity contribution in [2.45, 2.75) is 26.7 Å². The predicted octanol–water partition coefficient (Wildman–Crippen LogP) is 4.14. The molecule has 3 N–H and O–H groups in total. The lowest BCUT2D eigenvalue weighted by molar-refractivity contribution is -0.121. The molecule has 6 nitrogen and oxygen atoms in total. The van der Waals surface area contributed by atoms with Gasteiger partial charge < -0.3 is 4.74 Å². The quantitative estimate of drug-likeness (QED) is 0.373. The van der Waals surface area contributed by atoms with Crippen molar-refractivity contribution >= 4 is 39.9 Å². The molecule has 0 aromatic heterocycles. The summed E-state index contributed by atoms with van der Waals surface area (Å²) in [7, 11) is 0. The summed E-state index contributed by atoms with van der Waals surface area (Å²) in [6, 6.07) is 20.6. The van der Waals surface area contributed by atoms with Gasteiger partial charge in [0, 0.05) is 5.56 Å². The van der Waals surface area contributed by atoms with E-state index in [1.807, 2.05) is 42.5 Å². The summed E-state index contributed by atoms with van der Waals surface area (Å²) < 4.78 is 5.69. The lowest BCUT2D eigenvalue weighted by Crippen LogP contribution is -2.48. The minimum absolute atomic E-state index is 0.00685. The molecule has 0 spiro atoms. The Morgan fingerprint density at radius 3 is 2.53 bits per heavy atom. The Morgan fingerprint density at radius 1 is 0.969 bits per heavy atom. The smallest absolute Gasteiger partial charge is 0.257 e. The number of hydrazine groups is 1. The molecule has 0 aliphatic rings. The van der Waals surface area contributed by atoms with E-state index in [2.05, 4.69) is 30.0 Å². The molecule has 3 aromatic carbocycles. The molecule has 0 saturated heterocycles. The van der Waals surface area contributed by atoms with Gasteiger partial charge in [0.1, 0.15) is 5.75 Å². The summed E-state index contributed by atoms with van der Waals surface area (Å²) in [6.07, 6.45) is 1.11. The van der Waals surface area contributed by atoms with E-state index in [-0.39, 0.29) is 23.3 Å². The van der Waals surface area contributed by atoms with E-state index in [4.69, 9.17) is 17.0 Å². The Labute approximate surface area is 193 Å². The molecular formula is C25H27N3O3S. The first-order chi connectivity index (χ1) is 15.4. The molecule has 2 amide bonds. The Balaban J connectivity index is 1.49.